The van der Waals surface area contributed by atoms with Crippen LogP contribution in [0.15, 0.2) is 29.1 Å². The molecule has 2 heterocycles. The van der Waals surface area contributed by atoms with Crippen LogP contribution in [0.2, 0.25) is 0 Å². The van der Waals surface area contributed by atoms with Crippen LogP contribution in [0.1, 0.15) is 5.56 Å². The van der Waals surface area contributed by atoms with Gasteiger partial charge in [0.15, 0.2) is 0 Å². The fourth-order valence-corrected chi connectivity index (χ4v) is 1.76. The zero-order chi connectivity index (χ0) is 9.10. The predicted octanol–water partition coefficient (Wildman–Crippen LogP) is 2.09. The fourth-order valence-electron chi connectivity index (χ4n) is 1.10. The summed E-state index contributed by atoms with van der Waals surface area (Å²) in [4.78, 5) is 0. The largest absolute Gasteiger partial charge is 0.364 e. The van der Waals surface area contributed by atoms with E-state index in [0.717, 1.165) is 12.4 Å². The molecular formula is C9H11N3S. The standard InChI is InChI=1S/C9H11N3S/c1-12-4-2-9(11-12)10-6-8-3-5-13-7-8/h2-5,7H,6H2,1H3,(H,10,11). The van der Waals surface area contributed by atoms with E-state index in [1.54, 1.807) is 16.0 Å². The van der Waals surface area contributed by atoms with Gasteiger partial charge in [0, 0.05) is 25.9 Å². The van der Waals surface area contributed by atoms with E-state index in [1.807, 2.05) is 19.3 Å². The van der Waals surface area contributed by atoms with Gasteiger partial charge in [0.2, 0.25) is 0 Å². The van der Waals surface area contributed by atoms with Gasteiger partial charge >= 0.3 is 0 Å². The normalized spacial score (nSPS) is 10.2. The molecule has 0 atom stereocenters. The Kier molecular flexibility index (Phi) is 2.31. The van der Waals surface area contributed by atoms with Gasteiger partial charge in [-0.25, -0.2) is 0 Å². The molecule has 4 heteroatoms. The minimum absolute atomic E-state index is 0.848. The Morgan fingerprint density at radius 1 is 1.54 bits per heavy atom. The molecule has 0 aliphatic heterocycles. The Hall–Kier alpha value is -1.29. The summed E-state index contributed by atoms with van der Waals surface area (Å²) >= 11 is 1.71. The molecule has 0 radical (unpaired) electrons. The molecule has 0 aliphatic rings. The maximum absolute atomic E-state index is 4.22. The Bertz CT molecular complexity index is 364. The summed E-state index contributed by atoms with van der Waals surface area (Å²) in [6.07, 6.45) is 1.93. The predicted molar refractivity (Wildman–Crippen MR) is 54.9 cm³/mol. The third kappa shape index (κ3) is 2.09. The number of rotatable bonds is 3. The summed E-state index contributed by atoms with van der Waals surface area (Å²) in [5.74, 6) is 0.925. The van der Waals surface area contributed by atoms with Gasteiger partial charge < -0.3 is 5.32 Å². The highest BCUT2D eigenvalue weighted by molar-refractivity contribution is 7.07. The van der Waals surface area contributed by atoms with Crippen LogP contribution in [-0.4, -0.2) is 9.78 Å². The van der Waals surface area contributed by atoms with Crippen molar-refractivity contribution < 1.29 is 0 Å². The molecule has 1 N–H and O–H groups in total. The first-order valence-corrected chi connectivity index (χ1v) is 5.03. The van der Waals surface area contributed by atoms with Gasteiger partial charge in [0.05, 0.1) is 0 Å². The van der Waals surface area contributed by atoms with Crippen LogP contribution in [0.4, 0.5) is 5.82 Å². The smallest absolute Gasteiger partial charge is 0.148 e. The van der Waals surface area contributed by atoms with Crippen LogP contribution in [0.3, 0.4) is 0 Å². The highest BCUT2D eigenvalue weighted by Crippen LogP contribution is 2.08. The van der Waals surface area contributed by atoms with Crippen molar-refractivity contribution in [2.45, 2.75) is 6.54 Å². The molecule has 68 valence electrons. The van der Waals surface area contributed by atoms with Crippen molar-refractivity contribution in [2.75, 3.05) is 5.32 Å². The number of nitrogens with one attached hydrogen (secondary N) is 1. The number of hydrogen-bond donors (Lipinski definition) is 1. The van der Waals surface area contributed by atoms with E-state index >= 15 is 0 Å². The highest BCUT2D eigenvalue weighted by Gasteiger charge is 1.95. The summed E-state index contributed by atoms with van der Waals surface area (Å²) in [6, 6.07) is 4.08. The molecule has 2 aromatic rings. The first-order chi connectivity index (χ1) is 6.34. The minimum Gasteiger partial charge on any atom is -0.364 e. The van der Waals surface area contributed by atoms with E-state index < -0.39 is 0 Å². The minimum atomic E-state index is 0.848. The van der Waals surface area contributed by atoms with Crippen LogP contribution < -0.4 is 5.32 Å². The topological polar surface area (TPSA) is 29.9 Å². The Labute approximate surface area is 81.0 Å². The molecule has 0 saturated heterocycles. The van der Waals surface area contributed by atoms with E-state index in [9.17, 15) is 0 Å². The van der Waals surface area contributed by atoms with Gasteiger partial charge in [-0.05, 0) is 22.4 Å². The van der Waals surface area contributed by atoms with Crippen molar-refractivity contribution in [3.63, 3.8) is 0 Å². The summed E-state index contributed by atoms with van der Waals surface area (Å²) in [6.45, 7) is 0.848. The Morgan fingerprint density at radius 2 is 2.46 bits per heavy atom. The third-order valence-corrected chi connectivity index (χ3v) is 2.50. The molecule has 3 nitrogen and oxygen atoms in total. The number of nitrogens with zero attached hydrogens (tertiary/aromatic N) is 2. The summed E-state index contributed by atoms with van der Waals surface area (Å²) < 4.78 is 1.79. The van der Waals surface area contributed by atoms with Gasteiger partial charge in [-0.1, -0.05) is 0 Å². The zero-order valence-electron chi connectivity index (χ0n) is 7.40. The molecule has 2 rings (SSSR count). The molecule has 0 bridgehead atoms. The van der Waals surface area contributed by atoms with Gasteiger partial charge in [-0.3, -0.25) is 4.68 Å². The van der Waals surface area contributed by atoms with E-state index in [2.05, 4.69) is 27.2 Å². The molecule has 2 aromatic heterocycles. The molecule has 0 amide bonds. The van der Waals surface area contributed by atoms with E-state index in [1.165, 1.54) is 5.56 Å². The van der Waals surface area contributed by atoms with E-state index in [0.29, 0.717) is 0 Å². The first-order valence-electron chi connectivity index (χ1n) is 4.09. The highest BCUT2D eigenvalue weighted by atomic mass is 32.1. The molecule has 0 aromatic carbocycles. The zero-order valence-corrected chi connectivity index (χ0v) is 8.21. The third-order valence-electron chi connectivity index (χ3n) is 1.77. The number of aromatic nitrogens is 2. The van der Waals surface area contributed by atoms with Crippen LogP contribution in [0.5, 0.6) is 0 Å². The second kappa shape index (κ2) is 3.62. The summed E-state index contributed by atoms with van der Waals surface area (Å²) in [5, 5.41) is 11.7. The van der Waals surface area contributed by atoms with Crippen molar-refractivity contribution in [3.8, 4) is 0 Å². The molecule has 0 spiro atoms. The summed E-state index contributed by atoms with van der Waals surface area (Å²) in [5.41, 5.74) is 1.30. The molecule has 13 heavy (non-hydrogen) atoms. The molecule has 0 fully saturated rings. The molecule has 0 saturated carbocycles. The maximum atomic E-state index is 4.22. The quantitative estimate of drug-likeness (QED) is 0.809. The first kappa shape index (κ1) is 8.31. The van der Waals surface area contributed by atoms with Gasteiger partial charge in [0.25, 0.3) is 0 Å². The van der Waals surface area contributed by atoms with Crippen molar-refractivity contribution in [3.05, 3.63) is 34.7 Å². The van der Waals surface area contributed by atoms with Gasteiger partial charge in [0.1, 0.15) is 5.82 Å². The van der Waals surface area contributed by atoms with Crippen LogP contribution in [0, 0.1) is 0 Å². The lowest BCUT2D eigenvalue weighted by Crippen LogP contribution is -1.99. The Balaban J connectivity index is 1.93. The van der Waals surface area contributed by atoms with Crippen molar-refractivity contribution >= 4 is 17.2 Å². The van der Waals surface area contributed by atoms with E-state index in [4.69, 9.17) is 0 Å². The number of aryl methyl sites for hydroxylation is 1. The van der Waals surface area contributed by atoms with E-state index in [-0.39, 0.29) is 0 Å². The van der Waals surface area contributed by atoms with Crippen LogP contribution in [-0.2, 0) is 13.6 Å². The molecule has 0 aliphatic carbocycles. The van der Waals surface area contributed by atoms with Gasteiger partial charge in [-0.15, -0.1) is 0 Å². The SMILES string of the molecule is Cn1ccc(NCc2ccsc2)n1. The number of anilines is 1. The van der Waals surface area contributed by atoms with Crippen LogP contribution >= 0.6 is 11.3 Å². The van der Waals surface area contributed by atoms with Crippen LogP contribution in [0.25, 0.3) is 0 Å². The summed E-state index contributed by atoms with van der Waals surface area (Å²) in [7, 11) is 1.91. The second-order valence-electron chi connectivity index (χ2n) is 2.86. The van der Waals surface area contributed by atoms with Crippen molar-refractivity contribution in [1.29, 1.82) is 0 Å². The lowest BCUT2D eigenvalue weighted by molar-refractivity contribution is 0.768. The fraction of sp³-hybridized carbons (Fsp3) is 0.222. The molecular weight excluding hydrogens is 182 g/mol. The average molecular weight is 193 g/mol. The number of thiophene rings is 1. The second-order valence-corrected chi connectivity index (χ2v) is 3.64. The number of hydrogen-bond acceptors (Lipinski definition) is 3. The van der Waals surface area contributed by atoms with Crippen molar-refractivity contribution in [1.82, 2.24) is 9.78 Å². The van der Waals surface area contributed by atoms with Crippen molar-refractivity contribution in [2.24, 2.45) is 7.05 Å². The lowest BCUT2D eigenvalue weighted by atomic mass is 10.3. The monoisotopic (exact) mass is 193 g/mol. The average Bonchev–Trinajstić information content (AvgIpc) is 2.71. The Morgan fingerprint density at radius 3 is 3.08 bits per heavy atom. The lowest BCUT2D eigenvalue weighted by Gasteiger charge is -1.99. The molecule has 0 unspecified atom stereocenters. The maximum Gasteiger partial charge on any atom is 0.148 e. The van der Waals surface area contributed by atoms with Gasteiger partial charge in [-0.2, -0.15) is 16.4 Å².